The quantitative estimate of drug-likeness (QED) is 0.782. The maximum Gasteiger partial charge on any atom is 0.266 e. The molecule has 1 aromatic carbocycles. The van der Waals surface area contributed by atoms with Crippen LogP contribution < -0.4 is 14.4 Å². The molecule has 1 fully saturated rings. The van der Waals surface area contributed by atoms with Crippen LogP contribution in [0.4, 0.5) is 5.95 Å². The topological polar surface area (TPSA) is 97.6 Å². The number of nitrogens with zero attached hydrogens (tertiary/aromatic N) is 3. The lowest BCUT2D eigenvalue weighted by molar-refractivity contribution is 0.372. The predicted molar refractivity (Wildman–Crippen MR) is 96.8 cm³/mol. The Morgan fingerprint density at radius 1 is 1.35 bits per heavy atom. The van der Waals surface area contributed by atoms with Crippen LogP contribution >= 0.6 is 0 Å². The van der Waals surface area contributed by atoms with Gasteiger partial charge in [0.15, 0.2) is 0 Å². The number of methoxy groups -OCH3 is 1. The van der Waals surface area contributed by atoms with Gasteiger partial charge >= 0.3 is 0 Å². The molecule has 1 aromatic heterocycles. The number of aryl methyl sites for hydroxylation is 1. The summed E-state index contributed by atoms with van der Waals surface area (Å²) in [4.78, 5) is 6.64. The number of hydrogen-bond donors (Lipinski definition) is 1. The summed E-state index contributed by atoms with van der Waals surface area (Å²) in [5, 5.41) is 4.01. The number of nitrogens with one attached hydrogen (secondary N) is 1. The lowest BCUT2D eigenvalue weighted by atomic mass is 9.99. The normalized spacial score (nSPS) is 18.1. The Hall–Kier alpha value is -2.13. The van der Waals surface area contributed by atoms with Crippen LogP contribution in [0.1, 0.15) is 25.7 Å². The number of piperidine rings is 1. The average molecular weight is 380 g/mol. The Labute approximate surface area is 153 Å². The third kappa shape index (κ3) is 4.34. The van der Waals surface area contributed by atoms with Gasteiger partial charge in [-0.05, 0) is 48.2 Å². The van der Waals surface area contributed by atoms with E-state index >= 15 is 0 Å². The van der Waals surface area contributed by atoms with Crippen molar-refractivity contribution in [3.05, 3.63) is 30.2 Å². The van der Waals surface area contributed by atoms with E-state index in [0.717, 1.165) is 19.4 Å². The second kappa shape index (κ2) is 8.05. The molecule has 1 atom stereocenters. The Bertz CT molecular complexity index is 820. The number of aromatic nitrogens is 2. The lowest BCUT2D eigenvalue weighted by Gasteiger charge is -2.31. The molecule has 26 heavy (non-hydrogen) atoms. The van der Waals surface area contributed by atoms with Gasteiger partial charge in [-0.2, -0.15) is 4.98 Å². The smallest absolute Gasteiger partial charge is 0.266 e. The molecular weight excluding hydrogens is 356 g/mol. The minimum atomic E-state index is -3.54. The third-order valence-electron chi connectivity index (χ3n) is 4.49. The summed E-state index contributed by atoms with van der Waals surface area (Å²) < 4.78 is 37.9. The summed E-state index contributed by atoms with van der Waals surface area (Å²) in [7, 11) is -2.00. The molecule has 1 aliphatic heterocycles. The molecule has 2 aromatic rings. The number of anilines is 1. The van der Waals surface area contributed by atoms with Gasteiger partial charge in [-0.3, -0.25) is 0 Å². The molecule has 0 unspecified atom stereocenters. The van der Waals surface area contributed by atoms with Crippen LogP contribution in [0.2, 0.25) is 0 Å². The molecule has 142 valence electrons. The molecule has 1 aliphatic rings. The second-order valence-corrected chi connectivity index (χ2v) is 8.09. The largest absolute Gasteiger partial charge is 0.497 e. The molecule has 0 saturated carbocycles. The van der Waals surface area contributed by atoms with Crippen molar-refractivity contribution in [3.8, 4) is 5.75 Å². The van der Waals surface area contributed by atoms with E-state index < -0.39 is 10.0 Å². The molecule has 2 heterocycles. The van der Waals surface area contributed by atoms with Crippen molar-refractivity contribution in [2.75, 3.05) is 31.6 Å². The molecule has 9 heteroatoms. The highest BCUT2D eigenvalue weighted by Crippen LogP contribution is 2.21. The number of ether oxygens (including phenoxy) is 1. The Kier molecular flexibility index (Phi) is 5.77. The van der Waals surface area contributed by atoms with E-state index in [1.807, 2.05) is 6.92 Å². The van der Waals surface area contributed by atoms with Crippen LogP contribution in [0.25, 0.3) is 0 Å². The van der Waals surface area contributed by atoms with Crippen LogP contribution in [-0.2, 0) is 16.4 Å². The van der Waals surface area contributed by atoms with E-state index in [0.29, 0.717) is 37.1 Å². The first-order valence-corrected chi connectivity index (χ1v) is 10.2. The van der Waals surface area contributed by atoms with E-state index in [2.05, 4.69) is 19.8 Å². The zero-order valence-corrected chi connectivity index (χ0v) is 15.8. The predicted octanol–water partition coefficient (Wildman–Crippen LogP) is 1.84. The summed E-state index contributed by atoms with van der Waals surface area (Å²) in [5.41, 5.74) is 0. The monoisotopic (exact) mass is 380 g/mol. The number of benzene rings is 1. The first kappa shape index (κ1) is 18.7. The maximum atomic E-state index is 12.5. The minimum absolute atomic E-state index is 0.195. The summed E-state index contributed by atoms with van der Waals surface area (Å²) in [6, 6.07) is 6.36. The van der Waals surface area contributed by atoms with E-state index in [1.54, 1.807) is 31.4 Å². The maximum absolute atomic E-state index is 12.5. The van der Waals surface area contributed by atoms with E-state index in [4.69, 9.17) is 9.26 Å². The van der Waals surface area contributed by atoms with Crippen LogP contribution in [-0.4, -0.2) is 45.3 Å². The summed E-state index contributed by atoms with van der Waals surface area (Å²) >= 11 is 0. The first-order chi connectivity index (χ1) is 12.5. The average Bonchev–Trinajstić information content (AvgIpc) is 3.16. The fourth-order valence-electron chi connectivity index (χ4n) is 3.00. The first-order valence-electron chi connectivity index (χ1n) is 8.73. The lowest BCUT2D eigenvalue weighted by Crippen LogP contribution is -2.41. The SMILES string of the molecule is CCc1nc(N2CCC[C@H](CNS(=O)(=O)c3ccc(OC)cc3)C2)no1. The molecule has 0 radical (unpaired) electrons. The molecule has 0 amide bonds. The fraction of sp³-hybridized carbons (Fsp3) is 0.529. The van der Waals surface area contributed by atoms with Crippen molar-refractivity contribution >= 4 is 16.0 Å². The fourth-order valence-corrected chi connectivity index (χ4v) is 4.11. The Morgan fingerprint density at radius 2 is 2.12 bits per heavy atom. The van der Waals surface area contributed by atoms with Crippen molar-refractivity contribution in [1.82, 2.24) is 14.9 Å². The Morgan fingerprint density at radius 3 is 2.77 bits per heavy atom. The third-order valence-corrected chi connectivity index (χ3v) is 5.93. The summed E-state index contributed by atoms with van der Waals surface area (Å²) in [6.07, 6.45) is 2.62. The second-order valence-electron chi connectivity index (χ2n) is 6.32. The van der Waals surface area contributed by atoms with Gasteiger partial charge in [-0.1, -0.05) is 6.92 Å². The molecule has 1 N–H and O–H groups in total. The van der Waals surface area contributed by atoms with Crippen LogP contribution in [0.5, 0.6) is 5.75 Å². The Balaban J connectivity index is 1.59. The number of sulfonamides is 1. The van der Waals surface area contributed by atoms with E-state index in [-0.39, 0.29) is 10.8 Å². The molecule has 0 spiro atoms. The highest BCUT2D eigenvalue weighted by Gasteiger charge is 2.25. The van der Waals surface area contributed by atoms with Gasteiger partial charge in [-0.15, -0.1) is 0 Å². The van der Waals surface area contributed by atoms with Crippen molar-refractivity contribution in [2.24, 2.45) is 5.92 Å². The van der Waals surface area contributed by atoms with Gasteiger partial charge in [0.1, 0.15) is 5.75 Å². The van der Waals surface area contributed by atoms with Gasteiger partial charge in [0.25, 0.3) is 5.95 Å². The van der Waals surface area contributed by atoms with Gasteiger partial charge in [0.05, 0.1) is 12.0 Å². The standard InChI is InChI=1S/C17H24N4O4S/c1-3-16-19-17(20-25-16)21-10-4-5-13(12-21)11-18-26(22,23)15-8-6-14(24-2)7-9-15/h6-9,13,18H,3-5,10-12H2,1-2H3/t13-/m1/s1. The molecule has 0 aliphatic carbocycles. The van der Waals surface area contributed by atoms with Crippen molar-refractivity contribution < 1.29 is 17.7 Å². The molecule has 1 saturated heterocycles. The van der Waals surface area contributed by atoms with Gasteiger partial charge in [0.2, 0.25) is 15.9 Å². The van der Waals surface area contributed by atoms with E-state index in [9.17, 15) is 8.42 Å². The van der Waals surface area contributed by atoms with Crippen LogP contribution in [0.15, 0.2) is 33.7 Å². The zero-order chi connectivity index (χ0) is 18.6. The van der Waals surface area contributed by atoms with Gasteiger partial charge < -0.3 is 14.2 Å². The van der Waals surface area contributed by atoms with Gasteiger partial charge in [-0.25, -0.2) is 13.1 Å². The molecule has 8 nitrogen and oxygen atoms in total. The van der Waals surface area contributed by atoms with E-state index in [1.165, 1.54) is 0 Å². The van der Waals surface area contributed by atoms with Crippen molar-refractivity contribution in [3.63, 3.8) is 0 Å². The number of hydrogen-bond acceptors (Lipinski definition) is 7. The zero-order valence-electron chi connectivity index (χ0n) is 15.0. The molecule has 0 bridgehead atoms. The van der Waals surface area contributed by atoms with Crippen LogP contribution in [0.3, 0.4) is 0 Å². The number of rotatable bonds is 7. The molecule has 3 rings (SSSR count). The highest BCUT2D eigenvalue weighted by atomic mass is 32.2. The highest BCUT2D eigenvalue weighted by molar-refractivity contribution is 7.89. The van der Waals surface area contributed by atoms with Gasteiger partial charge in [0, 0.05) is 26.1 Å². The minimum Gasteiger partial charge on any atom is -0.497 e. The summed E-state index contributed by atoms with van der Waals surface area (Å²) in [5.74, 6) is 2.02. The van der Waals surface area contributed by atoms with Crippen molar-refractivity contribution in [2.45, 2.75) is 31.1 Å². The molecular formula is C17H24N4O4S. The van der Waals surface area contributed by atoms with Crippen molar-refractivity contribution in [1.29, 1.82) is 0 Å². The summed E-state index contributed by atoms with van der Waals surface area (Å²) in [6.45, 7) is 3.89. The van der Waals surface area contributed by atoms with Crippen LogP contribution in [0, 0.1) is 5.92 Å².